The third-order valence-electron chi connectivity index (χ3n) is 3.24. The Hall–Kier alpha value is -0.700. The number of anilines is 1. The molecule has 1 aliphatic heterocycles. The minimum atomic E-state index is -3.59. The topological polar surface area (TPSA) is 80.3 Å². The van der Waals surface area contributed by atoms with Crippen molar-refractivity contribution in [3.8, 4) is 0 Å². The summed E-state index contributed by atoms with van der Waals surface area (Å²) in [4.78, 5) is 4.33. The molecule has 2 N–H and O–H groups in total. The van der Waals surface area contributed by atoms with Gasteiger partial charge in [-0.15, -0.1) is 0 Å². The Morgan fingerprint density at radius 3 is 3.00 bits per heavy atom. The van der Waals surface area contributed by atoms with Crippen LogP contribution < -0.4 is 10.0 Å². The van der Waals surface area contributed by atoms with E-state index in [1.807, 2.05) is 6.92 Å². The van der Waals surface area contributed by atoms with E-state index in [2.05, 4.69) is 31.0 Å². The summed E-state index contributed by atoms with van der Waals surface area (Å²) in [5.74, 6) is 0.627. The SMILES string of the molecule is CCCNc1ncc(Br)cc1S(=O)(=O)NCC1CCOC1. The van der Waals surface area contributed by atoms with Gasteiger partial charge in [0.25, 0.3) is 0 Å². The number of nitrogens with zero attached hydrogens (tertiary/aromatic N) is 1. The predicted molar refractivity (Wildman–Crippen MR) is 84.8 cm³/mol. The van der Waals surface area contributed by atoms with Gasteiger partial charge in [0.15, 0.2) is 0 Å². The summed E-state index contributed by atoms with van der Waals surface area (Å²) >= 11 is 3.27. The molecule has 0 aliphatic carbocycles. The van der Waals surface area contributed by atoms with Gasteiger partial charge in [0.2, 0.25) is 10.0 Å². The highest BCUT2D eigenvalue weighted by atomic mass is 79.9. The van der Waals surface area contributed by atoms with E-state index in [4.69, 9.17) is 4.74 Å². The smallest absolute Gasteiger partial charge is 0.244 e. The first-order chi connectivity index (χ1) is 10.0. The minimum Gasteiger partial charge on any atom is -0.381 e. The van der Waals surface area contributed by atoms with Crippen molar-refractivity contribution in [3.63, 3.8) is 0 Å². The number of nitrogens with one attached hydrogen (secondary N) is 2. The number of aromatic nitrogens is 1. The van der Waals surface area contributed by atoms with E-state index in [1.54, 1.807) is 12.3 Å². The molecule has 1 aromatic rings. The molecule has 0 radical (unpaired) electrons. The van der Waals surface area contributed by atoms with Gasteiger partial charge in [-0.05, 0) is 40.8 Å². The lowest BCUT2D eigenvalue weighted by Gasteiger charge is -2.14. The summed E-state index contributed by atoms with van der Waals surface area (Å²) in [6.45, 7) is 4.39. The average molecular weight is 378 g/mol. The molecule has 0 amide bonds. The molecule has 21 heavy (non-hydrogen) atoms. The second-order valence-corrected chi connectivity index (χ2v) is 7.66. The largest absolute Gasteiger partial charge is 0.381 e. The molecule has 0 saturated carbocycles. The molecule has 0 bridgehead atoms. The maximum Gasteiger partial charge on any atom is 0.244 e. The van der Waals surface area contributed by atoms with Gasteiger partial charge >= 0.3 is 0 Å². The number of halogens is 1. The maximum atomic E-state index is 12.5. The van der Waals surface area contributed by atoms with E-state index in [0.29, 0.717) is 36.6 Å². The van der Waals surface area contributed by atoms with Crippen molar-refractivity contribution in [3.05, 3.63) is 16.7 Å². The fraction of sp³-hybridized carbons (Fsp3) is 0.615. The summed E-state index contributed by atoms with van der Waals surface area (Å²) in [5.41, 5.74) is 0. The van der Waals surface area contributed by atoms with Crippen molar-refractivity contribution in [1.29, 1.82) is 0 Å². The van der Waals surface area contributed by atoms with Crippen LogP contribution in [0.25, 0.3) is 0 Å². The van der Waals surface area contributed by atoms with Crippen LogP contribution in [-0.4, -0.2) is 39.7 Å². The molecule has 1 aliphatic rings. The molecule has 8 heteroatoms. The number of hydrogen-bond donors (Lipinski definition) is 2. The van der Waals surface area contributed by atoms with E-state index in [-0.39, 0.29) is 10.8 Å². The number of rotatable bonds is 7. The highest BCUT2D eigenvalue weighted by Crippen LogP contribution is 2.23. The fourth-order valence-corrected chi connectivity index (χ4v) is 3.81. The first-order valence-electron chi connectivity index (χ1n) is 6.99. The molecule has 0 aromatic carbocycles. The normalized spacial score (nSPS) is 18.9. The second kappa shape index (κ2) is 7.53. The first kappa shape index (κ1) is 16.7. The number of hydrogen-bond acceptors (Lipinski definition) is 5. The monoisotopic (exact) mass is 377 g/mol. The molecule has 0 spiro atoms. The zero-order valence-corrected chi connectivity index (χ0v) is 14.3. The lowest BCUT2D eigenvalue weighted by atomic mass is 10.1. The van der Waals surface area contributed by atoms with Crippen LogP contribution in [-0.2, 0) is 14.8 Å². The van der Waals surface area contributed by atoms with Gasteiger partial charge in [-0.3, -0.25) is 0 Å². The molecule has 2 heterocycles. The van der Waals surface area contributed by atoms with Crippen LogP contribution in [0, 0.1) is 5.92 Å². The Labute approximate surface area is 133 Å². The van der Waals surface area contributed by atoms with Crippen LogP contribution in [0.4, 0.5) is 5.82 Å². The molecular formula is C13H20BrN3O3S. The van der Waals surface area contributed by atoms with Crippen molar-refractivity contribution in [1.82, 2.24) is 9.71 Å². The Morgan fingerprint density at radius 1 is 1.52 bits per heavy atom. The van der Waals surface area contributed by atoms with Crippen molar-refractivity contribution < 1.29 is 13.2 Å². The van der Waals surface area contributed by atoms with Crippen LogP contribution in [0.2, 0.25) is 0 Å². The number of pyridine rings is 1. The average Bonchev–Trinajstić information content (AvgIpc) is 2.97. The van der Waals surface area contributed by atoms with Crippen molar-refractivity contribution >= 4 is 31.8 Å². The third-order valence-corrected chi connectivity index (χ3v) is 5.11. The zero-order chi connectivity index (χ0) is 15.3. The maximum absolute atomic E-state index is 12.5. The van der Waals surface area contributed by atoms with E-state index in [0.717, 1.165) is 12.8 Å². The Bertz CT molecular complexity index is 574. The summed E-state index contributed by atoms with van der Waals surface area (Å²) in [6, 6.07) is 1.57. The van der Waals surface area contributed by atoms with Gasteiger partial charge in [0, 0.05) is 30.4 Å². The Balaban J connectivity index is 2.14. The molecule has 2 rings (SSSR count). The van der Waals surface area contributed by atoms with Gasteiger partial charge in [0.1, 0.15) is 10.7 Å². The first-order valence-corrected chi connectivity index (χ1v) is 9.27. The van der Waals surface area contributed by atoms with Gasteiger partial charge in [-0.1, -0.05) is 6.92 Å². The lowest BCUT2D eigenvalue weighted by molar-refractivity contribution is 0.186. The zero-order valence-electron chi connectivity index (χ0n) is 11.9. The van der Waals surface area contributed by atoms with Crippen molar-refractivity contribution in [2.24, 2.45) is 5.92 Å². The Morgan fingerprint density at radius 2 is 2.33 bits per heavy atom. The van der Waals surface area contributed by atoms with Crippen molar-refractivity contribution in [2.45, 2.75) is 24.7 Å². The quantitative estimate of drug-likeness (QED) is 0.759. The predicted octanol–water partition coefficient (Wildman–Crippen LogP) is 1.98. The van der Waals surface area contributed by atoms with Crippen LogP contribution in [0.15, 0.2) is 21.6 Å². The van der Waals surface area contributed by atoms with Crippen LogP contribution in [0.3, 0.4) is 0 Å². The highest BCUT2D eigenvalue weighted by molar-refractivity contribution is 9.10. The van der Waals surface area contributed by atoms with Gasteiger partial charge < -0.3 is 10.1 Å². The summed E-state index contributed by atoms with van der Waals surface area (Å²) in [5, 5.41) is 3.05. The van der Waals surface area contributed by atoms with Gasteiger partial charge in [-0.25, -0.2) is 18.1 Å². The van der Waals surface area contributed by atoms with E-state index < -0.39 is 10.0 Å². The highest BCUT2D eigenvalue weighted by Gasteiger charge is 2.23. The molecule has 1 fully saturated rings. The van der Waals surface area contributed by atoms with E-state index in [9.17, 15) is 8.42 Å². The summed E-state index contributed by atoms with van der Waals surface area (Å²) in [6.07, 6.45) is 3.37. The second-order valence-electron chi connectivity index (χ2n) is 5.01. The number of sulfonamides is 1. The van der Waals surface area contributed by atoms with Gasteiger partial charge in [0.05, 0.1) is 6.61 Å². The molecule has 118 valence electrons. The molecule has 1 aromatic heterocycles. The van der Waals surface area contributed by atoms with Crippen LogP contribution in [0.5, 0.6) is 0 Å². The standard InChI is InChI=1S/C13H20BrN3O3S/c1-2-4-15-13-12(6-11(14)8-16-13)21(18,19)17-7-10-3-5-20-9-10/h6,8,10,17H,2-5,7,9H2,1H3,(H,15,16). The lowest BCUT2D eigenvalue weighted by Crippen LogP contribution is -2.30. The van der Waals surface area contributed by atoms with Crippen molar-refractivity contribution in [2.75, 3.05) is 31.6 Å². The van der Waals surface area contributed by atoms with Gasteiger partial charge in [-0.2, -0.15) is 0 Å². The van der Waals surface area contributed by atoms with E-state index >= 15 is 0 Å². The molecule has 6 nitrogen and oxygen atoms in total. The molecule has 1 saturated heterocycles. The van der Waals surface area contributed by atoms with Crippen LogP contribution in [0.1, 0.15) is 19.8 Å². The molecular weight excluding hydrogens is 358 g/mol. The summed E-state index contributed by atoms with van der Waals surface area (Å²) < 4.78 is 33.5. The Kier molecular flexibility index (Phi) is 5.98. The number of ether oxygens (including phenoxy) is 1. The third kappa shape index (κ3) is 4.64. The van der Waals surface area contributed by atoms with E-state index in [1.165, 1.54) is 0 Å². The molecule has 1 atom stereocenters. The minimum absolute atomic E-state index is 0.171. The fourth-order valence-electron chi connectivity index (χ4n) is 2.05. The molecule has 1 unspecified atom stereocenters. The summed E-state index contributed by atoms with van der Waals surface area (Å²) in [7, 11) is -3.59. The van der Waals surface area contributed by atoms with Crippen LogP contribution >= 0.6 is 15.9 Å².